The zero-order valence-electron chi connectivity index (χ0n) is 18.2. The number of hydrogen-bond donors (Lipinski definition) is 2. The summed E-state index contributed by atoms with van der Waals surface area (Å²) < 4.78 is 0. The molecule has 1 aromatic carbocycles. The Morgan fingerprint density at radius 3 is 2.62 bits per heavy atom. The average molecular weight is 515 g/mol. The fourth-order valence-electron chi connectivity index (χ4n) is 3.46. The van der Waals surface area contributed by atoms with Gasteiger partial charge in [-0.05, 0) is 51.4 Å². The Morgan fingerprint density at radius 2 is 1.90 bits per heavy atom. The zero-order chi connectivity index (χ0) is 20.2. The molecule has 1 saturated heterocycles. The quantitative estimate of drug-likeness (QED) is 0.230. The number of carbonyl (C=O) groups is 1. The smallest absolute Gasteiger partial charge is 0.222 e. The van der Waals surface area contributed by atoms with Crippen molar-refractivity contribution in [2.45, 2.75) is 52.1 Å². The largest absolute Gasteiger partial charge is 0.357 e. The molecule has 6 nitrogen and oxygen atoms in total. The fourth-order valence-corrected chi connectivity index (χ4v) is 3.46. The van der Waals surface area contributed by atoms with Gasteiger partial charge in [0.15, 0.2) is 5.96 Å². The third-order valence-corrected chi connectivity index (χ3v) is 4.93. The van der Waals surface area contributed by atoms with Gasteiger partial charge in [0.1, 0.15) is 0 Å². The summed E-state index contributed by atoms with van der Waals surface area (Å²) in [6.07, 6.45) is 5.00. The molecule has 0 spiro atoms. The summed E-state index contributed by atoms with van der Waals surface area (Å²) in [5.74, 6) is 1.15. The van der Waals surface area contributed by atoms with Crippen molar-refractivity contribution in [3.05, 3.63) is 35.4 Å². The maximum Gasteiger partial charge on any atom is 0.222 e. The molecule has 2 N–H and O–H groups in total. The summed E-state index contributed by atoms with van der Waals surface area (Å²) in [6, 6.07) is 8.47. The Hall–Kier alpha value is -1.35. The van der Waals surface area contributed by atoms with E-state index in [-0.39, 0.29) is 24.0 Å². The van der Waals surface area contributed by atoms with Gasteiger partial charge in [0, 0.05) is 39.1 Å². The number of nitrogens with one attached hydrogen (secondary N) is 2. The second kappa shape index (κ2) is 14.6. The van der Waals surface area contributed by atoms with E-state index in [1.807, 2.05) is 4.90 Å². The molecule has 0 aromatic heterocycles. The lowest BCUT2D eigenvalue weighted by Crippen LogP contribution is -2.39. The second-order valence-corrected chi connectivity index (χ2v) is 7.67. The van der Waals surface area contributed by atoms with Crippen LogP contribution in [0.25, 0.3) is 0 Å². The third kappa shape index (κ3) is 9.80. The highest BCUT2D eigenvalue weighted by atomic mass is 127. The van der Waals surface area contributed by atoms with Crippen molar-refractivity contribution in [1.29, 1.82) is 0 Å². The summed E-state index contributed by atoms with van der Waals surface area (Å²) in [5, 5.41) is 6.73. The Morgan fingerprint density at radius 1 is 1.14 bits per heavy atom. The highest BCUT2D eigenvalue weighted by Gasteiger charge is 2.15. The number of rotatable bonds is 9. The summed E-state index contributed by atoms with van der Waals surface area (Å²) in [6.45, 7) is 7.04. The number of carbonyl (C=O) groups excluding carboxylic acids is 1. The van der Waals surface area contributed by atoms with Crippen LogP contribution in [0.15, 0.2) is 29.3 Å². The lowest BCUT2D eigenvalue weighted by atomic mass is 10.1. The van der Waals surface area contributed by atoms with Crippen molar-refractivity contribution >= 4 is 35.8 Å². The van der Waals surface area contributed by atoms with Crippen molar-refractivity contribution in [3.8, 4) is 0 Å². The molecule has 1 aromatic rings. The maximum absolute atomic E-state index is 12.1. The van der Waals surface area contributed by atoms with Gasteiger partial charge in [0.2, 0.25) is 5.91 Å². The number of amides is 1. The van der Waals surface area contributed by atoms with E-state index in [1.165, 1.54) is 17.5 Å². The number of halogens is 1. The molecule has 1 fully saturated rings. The molecule has 0 aliphatic carbocycles. The van der Waals surface area contributed by atoms with Gasteiger partial charge in [-0.1, -0.05) is 30.7 Å². The topological polar surface area (TPSA) is 60.0 Å². The molecule has 29 heavy (non-hydrogen) atoms. The standard InChI is InChI=1S/C22H37N5O.HI/c1-4-23-22(24-14-10-16-27-15-9-5-6-13-21(27)28)25-17-19-11-7-8-12-20(19)18-26(2)3;/h7-8,11-12H,4-6,9-10,13-18H2,1-3H3,(H2,23,24,25);1H. The molecule has 0 unspecified atom stereocenters. The summed E-state index contributed by atoms with van der Waals surface area (Å²) in [7, 11) is 4.17. The van der Waals surface area contributed by atoms with Crippen LogP contribution in [0.2, 0.25) is 0 Å². The van der Waals surface area contributed by atoms with E-state index < -0.39 is 0 Å². The van der Waals surface area contributed by atoms with Crippen molar-refractivity contribution in [3.63, 3.8) is 0 Å². The van der Waals surface area contributed by atoms with E-state index in [9.17, 15) is 4.79 Å². The number of likely N-dealkylation sites (tertiary alicyclic amines) is 1. The van der Waals surface area contributed by atoms with Crippen LogP contribution in [-0.4, -0.2) is 61.9 Å². The van der Waals surface area contributed by atoms with Gasteiger partial charge in [-0.3, -0.25) is 4.79 Å². The molecule has 1 heterocycles. The van der Waals surface area contributed by atoms with Crippen LogP contribution < -0.4 is 10.6 Å². The molecule has 1 aliphatic heterocycles. The number of nitrogens with zero attached hydrogens (tertiary/aromatic N) is 3. The summed E-state index contributed by atoms with van der Waals surface area (Å²) >= 11 is 0. The van der Waals surface area contributed by atoms with Gasteiger partial charge in [-0.15, -0.1) is 24.0 Å². The van der Waals surface area contributed by atoms with Crippen LogP contribution >= 0.6 is 24.0 Å². The van der Waals surface area contributed by atoms with E-state index in [0.29, 0.717) is 18.9 Å². The van der Waals surface area contributed by atoms with E-state index in [2.05, 4.69) is 60.8 Å². The van der Waals surface area contributed by atoms with Gasteiger partial charge >= 0.3 is 0 Å². The predicted octanol–water partition coefficient (Wildman–Crippen LogP) is 3.21. The minimum absolute atomic E-state index is 0. The monoisotopic (exact) mass is 515 g/mol. The van der Waals surface area contributed by atoms with Crippen LogP contribution in [0.5, 0.6) is 0 Å². The lowest BCUT2D eigenvalue weighted by molar-refractivity contribution is -0.130. The van der Waals surface area contributed by atoms with Crippen molar-refractivity contribution < 1.29 is 4.79 Å². The summed E-state index contributed by atoms with van der Waals surface area (Å²) in [4.78, 5) is 21.0. The van der Waals surface area contributed by atoms with Crippen LogP contribution in [0, 0.1) is 0 Å². The molecule has 0 atom stereocenters. The Balaban J connectivity index is 0.00000420. The number of benzene rings is 1. The molecule has 0 bridgehead atoms. The summed E-state index contributed by atoms with van der Waals surface area (Å²) in [5.41, 5.74) is 2.57. The first kappa shape index (κ1) is 25.7. The average Bonchev–Trinajstić information content (AvgIpc) is 2.88. The van der Waals surface area contributed by atoms with Crippen LogP contribution in [0.4, 0.5) is 0 Å². The van der Waals surface area contributed by atoms with Crippen molar-refractivity contribution in [2.24, 2.45) is 4.99 Å². The normalized spacial score (nSPS) is 15.1. The van der Waals surface area contributed by atoms with Crippen molar-refractivity contribution in [2.75, 3.05) is 40.3 Å². The number of guanidine groups is 1. The number of aliphatic imine (C=N–C) groups is 1. The van der Waals surface area contributed by atoms with Gasteiger partial charge in [0.25, 0.3) is 0 Å². The van der Waals surface area contributed by atoms with E-state index in [1.54, 1.807) is 0 Å². The molecule has 0 saturated carbocycles. The molecule has 164 valence electrons. The second-order valence-electron chi connectivity index (χ2n) is 7.67. The van der Waals surface area contributed by atoms with Crippen molar-refractivity contribution in [1.82, 2.24) is 20.4 Å². The molecule has 7 heteroatoms. The zero-order valence-corrected chi connectivity index (χ0v) is 20.6. The van der Waals surface area contributed by atoms with Gasteiger partial charge in [0.05, 0.1) is 6.54 Å². The minimum Gasteiger partial charge on any atom is -0.357 e. The third-order valence-electron chi connectivity index (χ3n) is 4.93. The highest BCUT2D eigenvalue weighted by molar-refractivity contribution is 14.0. The molecule has 1 aliphatic rings. The van der Waals surface area contributed by atoms with E-state index >= 15 is 0 Å². The first-order chi connectivity index (χ1) is 13.6. The first-order valence-electron chi connectivity index (χ1n) is 10.6. The van der Waals surface area contributed by atoms with Crippen LogP contribution in [0.1, 0.15) is 50.2 Å². The van der Waals surface area contributed by atoms with Crippen LogP contribution in [0.3, 0.4) is 0 Å². The maximum atomic E-state index is 12.1. The predicted molar refractivity (Wildman–Crippen MR) is 132 cm³/mol. The van der Waals surface area contributed by atoms with Gasteiger partial charge < -0.3 is 20.4 Å². The minimum atomic E-state index is 0. The Labute approximate surface area is 193 Å². The molecule has 1 amide bonds. The molecule has 2 rings (SSSR count). The van der Waals surface area contributed by atoms with Gasteiger partial charge in [-0.25, -0.2) is 4.99 Å². The molecule has 0 radical (unpaired) electrons. The SMILES string of the molecule is CCNC(=NCc1ccccc1CN(C)C)NCCCN1CCCCCC1=O.I. The van der Waals surface area contributed by atoms with E-state index in [4.69, 9.17) is 4.99 Å². The molecular weight excluding hydrogens is 477 g/mol. The number of hydrogen-bond acceptors (Lipinski definition) is 3. The Kier molecular flexibility index (Phi) is 12.9. The molecular formula is C22H38IN5O. The Bertz CT molecular complexity index is 635. The fraction of sp³-hybridized carbons (Fsp3) is 0.636. The first-order valence-corrected chi connectivity index (χ1v) is 10.6. The van der Waals surface area contributed by atoms with Gasteiger partial charge in [-0.2, -0.15) is 0 Å². The highest BCUT2D eigenvalue weighted by Crippen LogP contribution is 2.12. The van der Waals surface area contributed by atoms with E-state index in [0.717, 1.165) is 57.9 Å². The van der Waals surface area contributed by atoms with Crippen LogP contribution in [-0.2, 0) is 17.9 Å². The lowest BCUT2D eigenvalue weighted by Gasteiger charge is -2.21.